The van der Waals surface area contributed by atoms with Crippen LogP contribution in [0.4, 0.5) is 0 Å². The van der Waals surface area contributed by atoms with E-state index in [4.69, 9.17) is 5.73 Å². The summed E-state index contributed by atoms with van der Waals surface area (Å²) in [6, 6.07) is 11.7. The van der Waals surface area contributed by atoms with E-state index >= 15 is 0 Å². The molecule has 1 fully saturated rings. The summed E-state index contributed by atoms with van der Waals surface area (Å²) in [7, 11) is 0. The molecule has 1 saturated heterocycles. The number of benzene rings is 1. The van der Waals surface area contributed by atoms with Crippen LogP contribution in [0, 0.1) is 0 Å². The Balaban J connectivity index is 1.93. The van der Waals surface area contributed by atoms with Crippen LogP contribution in [0.25, 0.3) is 0 Å². The third kappa shape index (κ3) is 3.06. The molecule has 0 aromatic heterocycles. The summed E-state index contributed by atoms with van der Waals surface area (Å²) in [6.45, 7) is 4.42. The molecule has 1 unspecified atom stereocenters. The quantitative estimate of drug-likeness (QED) is 0.840. The maximum Gasteiger partial charge on any atom is 0.0236 e. The fourth-order valence-electron chi connectivity index (χ4n) is 2.62. The molecule has 1 aromatic rings. The Bertz CT molecular complexity index is 308. The van der Waals surface area contributed by atoms with Gasteiger partial charge >= 0.3 is 0 Å². The van der Waals surface area contributed by atoms with E-state index in [9.17, 15) is 0 Å². The number of nitrogens with zero attached hydrogens (tertiary/aromatic N) is 1. The first kappa shape index (κ1) is 11.6. The van der Waals surface area contributed by atoms with Crippen LogP contribution in [0.15, 0.2) is 30.3 Å². The molecule has 16 heavy (non-hydrogen) atoms. The second-order valence-corrected chi connectivity index (χ2v) is 4.97. The summed E-state index contributed by atoms with van der Waals surface area (Å²) in [6.07, 6.45) is 3.77. The smallest absolute Gasteiger partial charge is 0.0236 e. The van der Waals surface area contributed by atoms with Gasteiger partial charge in [0.1, 0.15) is 0 Å². The van der Waals surface area contributed by atoms with Gasteiger partial charge in [-0.25, -0.2) is 0 Å². The summed E-state index contributed by atoms with van der Waals surface area (Å²) in [4.78, 5) is 2.58. The molecule has 0 aliphatic carbocycles. The highest BCUT2D eigenvalue weighted by Gasteiger charge is 2.24. The second-order valence-electron chi connectivity index (χ2n) is 4.97. The van der Waals surface area contributed by atoms with Crippen LogP contribution in [-0.4, -0.2) is 23.5 Å². The molecular formula is C14H22N2. The highest BCUT2D eigenvalue weighted by atomic mass is 15.2. The average Bonchev–Trinajstić information content (AvgIpc) is 2.66. The summed E-state index contributed by atoms with van der Waals surface area (Å²) < 4.78 is 0. The lowest BCUT2D eigenvalue weighted by Gasteiger charge is -2.25. The number of hydrogen-bond acceptors (Lipinski definition) is 2. The number of hydrogen-bond donors (Lipinski definition) is 1. The van der Waals surface area contributed by atoms with Gasteiger partial charge in [0.25, 0.3) is 0 Å². The van der Waals surface area contributed by atoms with E-state index in [0.717, 1.165) is 13.0 Å². The Hall–Kier alpha value is -0.860. The number of rotatable bonds is 4. The van der Waals surface area contributed by atoms with Crippen LogP contribution in [-0.2, 0) is 6.54 Å². The minimum Gasteiger partial charge on any atom is -0.328 e. The minimum atomic E-state index is 0.321. The lowest BCUT2D eigenvalue weighted by Crippen LogP contribution is -2.33. The average molecular weight is 218 g/mol. The van der Waals surface area contributed by atoms with Crippen molar-refractivity contribution < 1.29 is 0 Å². The zero-order valence-electron chi connectivity index (χ0n) is 10.1. The van der Waals surface area contributed by atoms with Crippen LogP contribution in [0.5, 0.6) is 0 Å². The van der Waals surface area contributed by atoms with Crippen LogP contribution < -0.4 is 5.73 Å². The second kappa shape index (κ2) is 5.46. The van der Waals surface area contributed by atoms with Crippen molar-refractivity contribution in [2.24, 2.45) is 5.73 Å². The molecule has 2 rings (SSSR count). The van der Waals surface area contributed by atoms with Crippen molar-refractivity contribution in [2.45, 2.75) is 44.8 Å². The van der Waals surface area contributed by atoms with Crippen molar-refractivity contribution >= 4 is 0 Å². The Morgan fingerprint density at radius 3 is 2.81 bits per heavy atom. The predicted octanol–water partition coefficient (Wildman–Crippen LogP) is 2.39. The fraction of sp³-hybridized carbons (Fsp3) is 0.571. The zero-order valence-corrected chi connectivity index (χ0v) is 10.1. The van der Waals surface area contributed by atoms with Gasteiger partial charge in [-0.3, -0.25) is 4.90 Å². The van der Waals surface area contributed by atoms with E-state index in [1.165, 1.54) is 24.9 Å². The van der Waals surface area contributed by atoms with Crippen molar-refractivity contribution in [3.63, 3.8) is 0 Å². The van der Waals surface area contributed by atoms with Gasteiger partial charge in [0.2, 0.25) is 0 Å². The molecule has 1 aromatic carbocycles. The Kier molecular flexibility index (Phi) is 3.97. The molecule has 0 spiro atoms. The zero-order chi connectivity index (χ0) is 11.4. The third-order valence-corrected chi connectivity index (χ3v) is 3.37. The standard InChI is InChI=1S/C14H22N2/c1-12(15)10-14-8-5-9-16(14)11-13-6-3-2-4-7-13/h2-4,6-7,12,14H,5,8-11,15H2,1H3/t12-,14?/m0/s1. The van der Waals surface area contributed by atoms with E-state index in [2.05, 4.69) is 42.2 Å². The van der Waals surface area contributed by atoms with Gasteiger partial charge in [-0.05, 0) is 38.3 Å². The molecule has 0 saturated carbocycles. The van der Waals surface area contributed by atoms with Gasteiger partial charge in [0.05, 0.1) is 0 Å². The predicted molar refractivity (Wildman–Crippen MR) is 68.1 cm³/mol. The molecule has 0 radical (unpaired) electrons. The van der Waals surface area contributed by atoms with Crippen LogP contribution in [0.1, 0.15) is 31.7 Å². The number of likely N-dealkylation sites (tertiary alicyclic amines) is 1. The Morgan fingerprint density at radius 1 is 1.38 bits per heavy atom. The summed E-state index contributed by atoms with van der Waals surface area (Å²) in [5, 5.41) is 0. The Morgan fingerprint density at radius 2 is 2.12 bits per heavy atom. The van der Waals surface area contributed by atoms with Crippen molar-refractivity contribution in [3.8, 4) is 0 Å². The van der Waals surface area contributed by atoms with E-state index in [1.807, 2.05) is 0 Å². The van der Waals surface area contributed by atoms with Gasteiger partial charge in [-0.15, -0.1) is 0 Å². The normalized spacial score (nSPS) is 23.5. The highest BCUT2D eigenvalue weighted by molar-refractivity contribution is 5.14. The molecule has 1 heterocycles. The molecule has 2 N–H and O–H groups in total. The topological polar surface area (TPSA) is 29.3 Å². The first-order valence-electron chi connectivity index (χ1n) is 6.29. The maximum absolute atomic E-state index is 5.90. The first-order chi connectivity index (χ1) is 7.75. The molecule has 1 aliphatic rings. The summed E-state index contributed by atoms with van der Waals surface area (Å²) >= 11 is 0. The third-order valence-electron chi connectivity index (χ3n) is 3.37. The van der Waals surface area contributed by atoms with E-state index in [1.54, 1.807) is 0 Å². The fourth-order valence-corrected chi connectivity index (χ4v) is 2.62. The Labute approximate surface area is 98.4 Å². The largest absolute Gasteiger partial charge is 0.328 e. The molecule has 0 amide bonds. The molecule has 2 heteroatoms. The van der Waals surface area contributed by atoms with Gasteiger partial charge in [-0.1, -0.05) is 30.3 Å². The lowest BCUT2D eigenvalue weighted by molar-refractivity contribution is 0.227. The van der Waals surface area contributed by atoms with E-state index < -0.39 is 0 Å². The SMILES string of the molecule is C[C@H](N)CC1CCCN1Cc1ccccc1. The molecule has 88 valence electrons. The van der Waals surface area contributed by atoms with Crippen molar-refractivity contribution in [1.82, 2.24) is 4.90 Å². The molecule has 2 atom stereocenters. The van der Waals surface area contributed by atoms with Crippen molar-refractivity contribution in [2.75, 3.05) is 6.54 Å². The van der Waals surface area contributed by atoms with E-state index in [0.29, 0.717) is 12.1 Å². The van der Waals surface area contributed by atoms with Crippen molar-refractivity contribution in [1.29, 1.82) is 0 Å². The van der Waals surface area contributed by atoms with Crippen LogP contribution in [0.2, 0.25) is 0 Å². The van der Waals surface area contributed by atoms with Gasteiger partial charge in [0.15, 0.2) is 0 Å². The van der Waals surface area contributed by atoms with Crippen LogP contribution in [0.3, 0.4) is 0 Å². The van der Waals surface area contributed by atoms with Crippen molar-refractivity contribution in [3.05, 3.63) is 35.9 Å². The van der Waals surface area contributed by atoms with Gasteiger partial charge in [0, 0.05) is 18.6 Å². The molecular weight excluding hydrogens is 196 g/mol. The van der Waals surface area contributed by atoms with E-state index in [-0.39, 0.29) is 0 Å². The maximum atomic E-state index is 5.90. The lowest BCUT2D eigenvalue weighted by atomic mass is 10.1. The first-order valence-corrected chi connectivity index (χ1v) is 6.29. The molecule has 2 nitrogen and oxygen atoms in total. The monoisotopic (exact) mass is 218 g/mol. The summed E-state index contributed by atoms with van der Waals surface area (Å²) in [5.74, 6) is 0. The minimum absolute atomic E-state index is 0.321. The molecule has 1 aliphatic heterocycles. The summed E-state index contributed by atoms with van der Waals surface area (Å²) in [5.41, 5.74) is 7.32. The molecule has 0 bridgehead atoms. The van der Waals surface area contributed by atoms with Gasteiger partial charge in [-0.2, -0.15) is 0 Å². The number of nitrogens with two attached hydrogens (primary N) is 1. The van der Waals surface area contributed by atoms with Crippen LogP contribution >= 0.6 is 0 Å². The highest BCUT2D eigenvalue weighted by Crippen LogP contribution is 2.23. The van der Waals surface area contributed by atoms with Gasteiger partial charge < -0.3 is 5.73 Å².